The summed E-state index contributed by atoms with van der Waals surface area (Å²) in [4.78, 5) is 27.4. The van der Waals surface area contributed by atoms with E-state index in [0.29, 0.717) is 35.5 Å². The van der Waals surface area contributed by atoms with Crippen LogP contribution in [-0.2, 0) is 17.6 Å². The van der Waals surface area contributed by atoms with Crippen molar-refractivity contribution in [2.24, 2.45) is 0 Å². The zero-order chi connectivity index (χ0) is 31.6. The number of aliphatic carboxylic acids is 1. The van der Waals surface area contributed by atoms with Crippen LogP contribution in [0.2, 0.25) is 0 Å². The van der Waals surface area contributed by atoms with Gasteiger partial charge in [0, 0.05) is 49.2 Å². The molecule has 0 fully saturated rings. The van der Waals surface area contributed by atoms with E-state index in [1.807, 2.05) is 30.3 Å². The SMILES string of the molecule is CC/C(C)=C/C(=C\Nc1ccc(OC(F)(F)F)cc1)CN(CCc1csc(SC(C)(C)C(=O)O)n1)c1ncc(CC)cn1. The minimum absolute atomic E-state index is 0.294. The second-order valence-corrected chi connectivity index (χ2v) is 12.9. The number of nitrogens with one attached hydrogen (secondary N) is 1. The molecule has 0 unspecified atom stereocenters. The summed E-state index contributed by atoms with van der Waals surface area (Å²) in [6.07, 6.45) is 4.98. The fraction of sp³-hybridized carbons (Fsp3) is 0.400. The van der Waals surface area contributed by atoms with Gasteiger partial charge in [-0.3, -0.25) is 4.79 Å². The zero-order valence-corrected chi connectivity index (χ0v) is 26.4. The van der Waals surface area contributed by atoms with Crippen molar-refractivity contribution in [3.63, 3.8) is 0 Å². The van der Waals surface area contributed by atoms with Crippen LogP contribution in [0.25, 0.3) is 0 Å². The fourth-order valence-electron chi connectivity index (χ4n) is 3.61. The van der Waals surface area contributed by atoms with Crippen LogP contribution in [0.5, 0.6) is 5.75 Å². The Balaban J connectivity index is 1.82. The maximum absolute atomic E-state index is 12.5. The number of thiazole rings is 1. The molecular weight excluding hydrogens is 599 g/mol. The Labute approximate surface area is 258 Å². The van der Waals surface area contributed by atoms with E-state index >= 15 is 0 Å². The number of nitrogens with zero attached hydrogens (tertiary/aromatic N) is 4. The number of aromatic nitrogens is 3. The first-order valence-corrected chi connectivity index (χ1v) is 15.4. The Morgan fingerprint density at radius 1 is 1.16 bits per heavy atom. The van der Waals surface area contributed by atoms with E-state index < -0.39 is 17.1 Å². The van der Waals surface area contributed by atoms with E-state index in [1.54, 1.807) is 26.2 Å². The Kier molecular flexibility index (Phi) is 12.0. The first-order chi connectivity index (χ1) is 20.3. The van der Waals surface area contributed by atoms with Crippen molar-refractivity contribution in [3.8, 4) is 5.75 Å². The monoisotopic (exact) mass is 635 g/mol. The summed E-state index contributed by atoms with van der Waals surface area (Å²) in [5.41, 5.74) is 4.51. The molecule has 0 radical (unpaired) electrons. The third kappa shape index (κ3) is 11.2. The van der Waals surface area contributed by atoms with E-state index in [-0.39, 0.29) is 5.75 Å². The van der Waals surface area contributed by atoms with E-state index in [2.05, 4.69) is 38.0 Å². The zero-order valence-electron chi connectivity index (χ0n) is 24.7. The average Bonchev–Trinajstić information content (AvgIpc) is 3.40. The average molecular weight is 636 g/mol. The Bertz CT molecular complexity index is 1410. The van der Waals surface area contributed by atoms with Crippen LogP contribution in [0.3, 0.4) is 0 Å². The minimum Gasteiger partial charge on any atom is -0.480 e. The molecule has 0 saturated heterocycles. The van der Waals surface area contributed by atoms with Crippen molar-refractivity contribution < 1.29 is 27.8 Å². The van der Waals surface area contributed by atoms with Crippen LogP contribution >= 0.6 is 23.1 Å². The van der Waals surface area contributed by atoms with Crippen LogP contribution in [0.1, 0.15) is 52.3 Å². The molecule has 2 heterocycles. The van der Waals surface area contributed by atoms with Gasteiger partial charge in [-0.1, -0.05) is 37.3 Å². The van der Waals surface area contributed by atoms with E-state index in [1.165, 1.54) is 47.4 Å². The molecule has 2 N–H and O–H groups in total. The number of carbonyl (C=O) groups is 1. The number of ether oxygens (including phenoxy) is 1. The van der Waals surface area contributed by atoms with Crippen molar-refractivity contribution in [2.75, 3.05) is 23.3 Å². The molecular formula is C30H36F3N5O3S2. The fourth-order valence-corrected chi connectivity index (χ4v) is 5.83. The predicted octanol–water partition coefficient (Wildman–Crippen LogP) is 7.75. The highest BCUT2D eigenvalue weighted by Crippen LogP contribution is 2.35. The topological polar surface area (TPSA) is 100 Å². The van der Waals surface area contributed by atoms with Gasteiger partial charge >= 0.3 is 12.3 Å². The number of carboxylic acids is 1. The summed E-state index contributed by atoms with van der Waals surface area (Å²) < 4.78 is 41.2. The van der Waals surface area contributed by atoms with Gasteiger partial charge in [-0.15, -0.1) is 24.5 Å². The van der Waals surface area contributed by atoms with Gasteiger partial charge in [0.05, 0.1) is 5.69 Å². The highest BCUT2D eigenvalue weighted by molar-refractivity contribution is 8.03. The van der Waals surface area contributed by atoms with Gasteiger partial charge in [0.15, 0.2) is 4.34 Å². The Morgan fingerprint density at radius 3 is 2.42 bits per heavy atom. The van der Waals surface area contributed by atoms with Gasteiger partial charge in [-0.05, 0) is 69.0 Å². The normalized spacial score (nSPS) is 12.7. The molecule has 2 aromatic heterocycles. The third-order valence-corrected chi connectivity index (χ3v) is 8.46. The molecule has 43 heavy (non-hydrogen) atoms. The molecule has 8 nitrogen and oxygen atoms in total. The molecule has 0 bridgehead atoms. The summed E-state index contributed by atoms with van der Waals surface area (Å²) in [6.45, 7) is 10.4. The first kappa shape index (κ1) is 33.9. The number of hydrogen-bond donors (Lipinski definition) is 2. The van der Waals surface area contributed by atoms with Crippen molar-refractivity contribution in [3.05, 3.63) is 76.7 Å². The standard InChI is InChI=1S/C30H36F3N5O3S2/c1-6-20(3)14-22(17-34-23-8-10-25(11-9-23)41-30(31,32)33)18-38(27-35-15-21(7-2)16-36-27)13-12-24-19-42-28(37-24)43-29(4,5)26(39)40/h8-11,14-17,19,34H,6-7,12-13,18H2,1-5H3,(H,39,40)/b20-14+,22-17+. The van der Waals surface area contributed by atoms with Crippen LogP contribution < -0.4 is 15.0 Å². The number of thioether (sulfide) groups is 1. The van der Waals surface area contributed by atoms with Crippen molar-refractivity contribution in [1.29, 1.82) is 0 Å². The number of benzene rings is 1. The largest absolute Gasteiger partial charge is 0.573 e. The van der Waals surface area contributed by atoms with Gasteiger partial charge in [0.1, 0.15) is 10.5 Å². The van der Waals surface area contributed by atoms with Crippen LogP contribution in [0.15, 0.2) is 69.8 Å². The molecule has 0 amide bonds. The van der Waals surface area contributed by atoms with Gasteiger partial charge in [0.25, 0.3) is 0 Å². The molecule has 0 atom stereocenters. The second-order valence-electron chi connectivity index (χ2n) is 10.2. The summed E-state index contributed by atoms with van der Waals surface area (Å²) >= 11 is 2.64. The predicted molar refractivity (Wildman–Crippen MR) is 166 cm³/mol. The second kappa shape index (κ2) is 15.2. The molecule has 0 aliphatic heterocycles. The number of alkyl halides is 3. The number of halogens is 3. The third-order valence-electron chi connectivity index (χ3n) is 6.28. The highest BCUT2D eigenvalue weighted by Gasteiger charge is 2.31. The number of anilines is 2. The van der Waals surface area contributed by atoms with Gasteiger partial charge in [-0.2, -0.15) is 0 Å². The number of aryl methyl sites for hydroxylation is 1. The smallest absolute Gasteiger partial charge is 0.480 e. The maximum atomic E-state index is 12.5. The van der Waals surface area contributed by atoms with Crippen LogP contribution in [0.4, 0.5) is 24.8 Å². The van der Waals surface area contributed by atoms with Crippen molar-refractivity contribution in [1.82, 2.24) is 15.0 Å². The molecule has 1 aromatic carbocycles. The Morgan fingerprint density at radius 2 is 1.84 bits per heavy atom. The van der Waals surface area contributed by atoms with Crippen LogP contribution in [0, 0.1) is 0 Å². The summed E-state index contributed by atoms with van der Waals surface area (Å²) in [5, 5.41) is 14.6. The molecule has 0 saturated carbocycles. The van der Waals surface area contributed by atoms with E-state index in [4.69, 9.17) is 0 Å². The number of carboxylic acid groups (broad SMARTS) is 1. The molecule has 13 heteroatoms. The molecule has 0 spiro atoms. The van der Waals surface area contributed by atoms with Gasteiger partial charge in [0.2, 0.25) is 5.95 Å². The van der Waals surface area contributed by atoms with E-state index in [9.17, 15) is 23.1 Å². The molecule has 232 valence electrons. The molecule has 0 aliphatic rings. The first-order valence-electron chi connectivity index (χ1n) is 13.7. The number of allylic oxidation sites excluding steroid dienone is 1. The maximum Gasteiger partial charge on any atom is 0.573 e. The van der Waals surface area contributed by atoms with E-state index in [0.717, 1.165) is 35.2 Å². The molecule has 3 rings (SSSR count). The summed E-state index contributed by atoms with van der Waals surface area (Å²) in [6, 6.07) is 5.53. The highest BCUT2D eigenvalue weighted by atomic mass is 32.2. The lowest BCUT2D eigenvalue weighted by Crippen LogP contribution is -2.30. The van der Waals surface area contributed by atoms with Gasteiger partial charge < -0.3 is 20.1 Å². The molecule has 3 aromatic rings. The van der Waals surface area contributed by atoms with Crippen molar-refractivity contribution >= 4 is 40.7 Å². The van der Waals surface area contributed by atoms with Gasteiger partial charge in [-0.25, -0.2) is 15.0 Å². The van der Waals surface area contributed by atoms with Crippen molar-refractivity contribution in [2.45, 2.75) is 69.3 Å². The lowest BCUT2D eigenvalue weighted by atomic mass is 10.1. The number of rotatable bonds is 15. The Hall–Kier alpha value is -3.58. The summed E-state index contributed by atoms with van der Waals surface area (Å²) in [7, 11) is 0. The number of hydrogen-bond acceptors (Lipinski definition) is 9. The van der Waals surface area contributed by atoms with Crippen LogP contribution in [-0.4, -0.2) is 50.2 Å². The quantitative estimate of drug-likeness (QED) is 0.128. The molecule has 0 aliphatic carbocycles. The lowest BCUT2D eigenvalue weighted by Gasteiger charge is -2.23. The summed E-state index contributed by atoms with van der Waals surface area (Å²) in [5.74, 6) is -0.642. The minimum atomic E-state index is -4.75. The lowest BCUT2D eigenvalue weighted by molar-refractivity contribution is -0.274.